The molecule has 3 heterocycles. The number of thiazole rings is 1. The third-order valence-corrected chi connectivity index (χ3v) is 6.59. The Kier molecular flexibility index (Phi) is 6.35. The summed E-state index contributed by atoms with van der Waals surface area (Å²) in [6, 6.07) is 12.0. The number of rotatable bonds is 6. The van der Waals surface area contributed by atoms with Crippen molar-refractivity contribution in [1.82, 2.24) is 20.0 Å². The molecule has 1 aliphatic heterocycles. The SMILES string of the molecule is N=C(N)N1CCC[C@H]1Cc1nc(-c2ccc(Oc3nc(-c4ccc(C(F)(F)F)cc4)cs3)cc2)no1. The average molecular weight is 515 g/mol. The van der Waals surface area contributed by atoms with Gasteiger partial charge in [0.15, 0.2) is 5.96 Å². The molecule has 0 unspecified atom stereocenters. The van der Waals surface area contributed by atoms with Crippen molar-refractivity contribution in [2.24, 2.45) is 5.73 Å². The molecule has 5 rings (SSSR count). The predicted molar refractivity (Wildman–Crippen MR) is 128 cm³/mol. The van der Waals surface area contributed by atoms with E-state index < -0.39 is 11.7 Å². The summed E-state index contributed by atoms with van der Waals surface area (Å²) in [5.74, 6) is 1.53. The van der Waals surface area contributed by atoms with Crippen LogP contribution in [0.5, 0.6) is 10.9 Å². The number of ether oxygens (including phenoxy) is 1. The zero-order valence-electron chi connectivity index (χ0n) is 18.8. The van der Waals surface area contributed by atoms with Crippen molar-refractivity contribution in [1.29, 1.82) is 5.41 Å². The molecule has 0 aliphatic carbocycles. The van der Waals surface area contributed by atoms with Crippen LogP contribution in [0.1, 0.15) is 24.3 Å². The van der Waals surface area contributed by atoms with Gasteiger partial charge >= 0.3 is 6.18 Å². The Morgan fingerprint density at radius 1 is 1.11 bits per heavy atom. The van der Waals surface area contributed by atoms with Crippen molar-refractivity contribution < 1.29 is 22.4 Å². The van der Waals surface area contributed by atoms with Gasteiger partial charge in [0, 0.05) is 35.5 Å². The van der Waals surface area contributed by atoms with E-state index in [-0.39, 0.29) is 12.0 Å². The smallest absolute Gasteiger partial charge is 0.416 e. The normalized spacial score (nSPS) is 15.9. The van der Waals surface area contributed by atoms with Crippen LogP contribution in [0, 0.1) is 5.41 Å². The highest BCUT2D eigenvalue weighted by Crippen LogP contribution is 2.34. The van der Waals surface area contributed by atoms with Gasteiger partial charge in [0.05, 0.1) is 11.3 Å². The maximum atomic E-state index is 12.8. The largest absolute Gasteiger partial charge is 0.431 e. The Morgan fingerprint density at radius 3 is 2.53 bits per heavy atom. The highest BCUT2D eigenvalue weighted by atomic mass is 32.1. The Balaban J connectivity index is 1.22. The van der Waals surface area contributed by atoms with Gasteiger partial charge in [-0.25, -0.2) is 4.98 Å². The van der Waals surface area contributed by atoms with Crippen LogP contribution in [0.3, 0.4) is 0 Å². The van der Waals surface area contributed by atoms with Crippen LogP contribution in [0.25, 0.3) is 22.6 Å². The van der Waals surface area contributed by atoms with Gasteiger partial charge in [-0.1, -0.05) is 28.6 Å². The Hall–Kier alpha value is -3.93. The van der Waals surface area contributed by atoms with Gasteiger partial charge in [-0.3, -0.25) is 5.41 Å². The van der Waals surface area contributed by atoms with Crippen molar-refractivity contribution in [2.75, 3.05) is 6.54 Å². The number of nitrogens with zero attached hydrogens (tertiary/aromatic N) is 4. The first-order valence-electron chi connectivity index (χ1n) is 11.1. The van der Waals surface area contributed by atoms with Crippen LogP contribution in [-0.4, -0.2) is 38.6 Å². The zero-order valence-corrected chi connectivity index (χ0v) is 19.6. The number of hydrogen-bond acceptors (Lipinski definition) is 7. The summed E-state index contributed by atoms with van der Waals surface area (Å²) in [6.07, 6.45) is -1.96. The molecule has 0 bridgehead atoms. The fourth-order valence-corrected chi connectivity index (χ4v) is 4.76. The summed E-state index contributed by atoms with van der Waals surface area (Å²) in [5.41, 5.74) is 6.79. The fourth-order valence-electron chi connectivity index (χ4n) is 4.06. The molecule has 0 saturated carbocycles. The molecule has 186 valence electrons. The number of alkyl halides is 3. The summed E-state index contributed by atoms with van der Waals surface area (Å²) >= 11 is 1.25. The van der Waals surface area contributed by atoms with E-state index in [0.717, 1.165) is 37.1 Å². The predicted octanol–water partition coefficient (Wildman–Crippen LogP) is 5.57. The van der Waals surface area contributed by atoms with Gasteiger partial charge in [-0.2, -0.15) is 18.2 Å². The first kappa shape index (κ1) is 23.8. The number of likely N-dealkylation sites (tertiary alicyclic amines) is 1. The second-order valence-corrected chi connectivity index (χ2v) is 9.11. The molecule has 36 heavy (non-hydrogen) atoms. The topological polar surface area (TPSA) is 114 Å². The lowest BCUT2D eigenvalue weighted by molar-refractivity contribution is -0.137. The number of halogens is 3. The maximum Gasteiger partial charge on any atom is 0.416 e. The van der Waals surface area contributed by atoms with Crippen LogP contribution >= 0.6 is 11.3 Å². The van der Waals surface area contributed by atoms with E-state index >= 15 is 0 Å². The molecule has 0 amide bonds. The summed E-state index contributed by atoms with van der Waals surface area (Å²) in [5, 5.41) is 13.8. The monoisotopic (exact) mass is 514 g/mol. The fraction of sp³-hybridized carbons (Fsp3) is 0.250. The van der Waals surface area contributed by atoms with Gasteiger partial charge in [0.25, 0.3) is 5.19 Å². The minimum atomic E-state index is -4.38. The van der Waals surface area contributed by atoms with E-state index in [0.29, 0.717) is 40.3 Å². The van der Waals surface area contributed by atoms with Crippen LogP contribution < -0.4 is 10.5 Å². The van der Waals surface area contributed by atoms with E-state index in [1.807, 2.05) is 4.90 Å². The molecule has 0 spiro atoms. The number of hydrogen-bond donors (Lipinski definition) is 2. The van der Waals surface area contributed by atoms with E-state index in [1.165, 1.54) is 23.5 Å². The Bertz CT molecular complexity index is 1350. The number of nitrogens with one attached hydrogen (secondary N) is 1. The highest BCUT2D eigenvalue weighted by molar-refractivity contribution is 7.11. The third kappa shape index (κ3) is 5.18. The highest BCUT2D eigenvalue weighted by Gasteiger charge is 2.30. The summed E-state index contributed by atoms with van der Waals surface area (Å²) < 4.78 is 49.5. The summed E-state index contributed by atoms with van der Waals surface area (Å²) in [7, 11) is 0. The molecular formula is C24H21F3N6O2S. The molecule has 8 nitrogen and oxygen atoms in total. The lowest BCUT2D eigenvalue weighted by atomic mass is 10.1. The maximum absolute atomic E-state index is 12.8. The van der Waals surface area contributed by atoms with Crippen molar-refractivity contribution in [3.05, 3.63) is 65.4 Å². The van der Waals surface area contributed by atoms with Gasteiger partial charge in [-0.05, 0) is 49.2 Å². The quantitative estimate of drug-likeness (QED) is 0.255. The molecule has 2 aromatic carbocycles. The number of aromatic nitrogens is 3. The molecule has 1 saturated heterocycles. The van der Waals surface area contributed by atoms with Gasteiger partial charge in [0.2, 0.25) is 11.7 Å². The molecule has 2 aromatic heterocycles. The minimum Gasteiger partial charge on any atom is -0.431 e. The number of guanidine groups is 1. The van der Waals surface area contributed by atoms with Crippen molar-refractivity contribution in [2.45, 2.75) is 31.5 Å². The van der Waals surface area contributed by atoms with E-state index in [1.54, 1.807) is 29.6 Å². The van der Waals surface area contributed by atoms with Crippen molar-refractivity contribution in [3.63, 3.8) is 0 Å². The van der Waals surface area contributed by atoms with Gasteiger partial charge in [0.1, 0.15) is 5.75 Å². The Labute approximate surface area is 208 Å². The third-order valence-electron chi connectivity index (χ3n) is 5.87. The van der Waals surface area contributed by atoms with Gasteiger partial charge in [-0.15, -0.1) is 0 Å². The van der Waals surface area contributed by atoms with Crippen molar-refractivity contribution >= 4 is 17.3 Å². The minimum absolute atomic E-state index is 0.0551. The van der Waals surface area contributed by atoms with Crippen LogP contribution in [-0.2, 0) is 12.6 Å². The number of benzene rings is 2. The van der Waals surface area contributed by atoms with E-state index in [2.05, 4.69) is 15.1 Å². The molecular weight excluding hydrogens is 493 g/mol. The molecule has 0 radical (unpaired) electrons. The van der Waals surface area contributed by atoms with Crippen LogP contribution in [0.4, 0.5) is 13.2 Å². The summed E-state index contributed by atoms with van der Waals surface area (Å²) in [4.78, 5) is 10.7. The van der Waals surface area contributed by atoms with E-state index in [9.17, 15) is 13.2 Å². The average Bonchev–Trinajstić information content (AvgIpc) is 3.61. The first-order valence-corrected chi connectivity index (χ1v) is 12.0. The van der Waals surface area contributed by atoms with E-state index in [4.69, 9.17) is 20.4 Å². The second-order valence-electron chi connectivity index (χ2n) is 8.29. The lowest BCUT2D eigenvalue weighted by Gasteiger charge is -2.23. The molecule has 1 fully saturated rings. The standard InChI is InChI=1S/C24H21F3N6O2S/c25-24(26,27)16-7-3-14(4-8-16)19-13-36-23(30-19)34-18-9-5-15(6-10-18)21-31-20(35-32-21)12-17-2-1-11-33(17)22(28)29/h3-10,13,17H,1-2,11-12H2,(H3,28,29)/t17-/m0/s1. The van der Waals surface area contributed by atoms with Crippen LogP contribution in [0.2, 0.25) is 0 Å². The molecule has 4 aromatic rings. The zero-order chi connectivity index (χ0) is 25.3. The molecule has 12 heteroatoms. The van der Waals surface area contributed by atoms with Crippen molar-refractivity contribution in [3.8, 4) is 33.6 Å². The second kappa shape index (κ2) is 9.61. The summed E-state index contributed by atoms with van der Waals surface area (Å²) in [6.45, 7) is 0.757. The molecule has 1 atom stereocenters. The Morgan fingerprint density at radius 2 is 1.83 bits per heavy atom. The first-order chi connectivity index (χ1) is 17.3. The number of nitrogens with two attached hydrogens (primary N) is 1. The van der Waals surface area contributed by atoms with Crippen LogP contribution in [0.15, 0.2) is 58.4 Å². The molecule has 1 aliphatic rings. The lowest BCUT2D eigenvalue weighted by Crippen LogP contribution is -2.41. The molecule has 3 N–H and O–H groups in total. The van der Waals surface area contributed by atoms with Gasteiger partial charge < -0.3 is 19.9 Å².